The third-order valence-corrected chi connectivity index (χ3v) is 4.83. The summed E-state index contributed by atoms with van der Waals surface area (Å²) >= 11 is 2.24. The molecule has 21 heavy (non-hydrogen) atoms. The van der Waals surface area contributed by atoms with Crippen LogP contribution in [0.1, 0.15) is 28.4 Å². The van der Waals surface area contributed by atoms with E-state index in [0.29, 0.717) is 13.2 Å². The first-order valence-electron chi connectivity index (χ1n) is 6.81. The number of halogens is 1. The number of fused-ring (bicyclic) bond motifs is 1. The van der Waals surface area contributed by atoms with Gasteiger partial charge in [0.25, 0.3) is 5.91 Å². The number of hydrogen-bond donors (Lipinski definition) is 2. The zero-order valence-electron chi connectivity index (χ0n) is 11.6. The van der Waals surface area contributed by atoms with Gasteiger partial charge in [0.15, 0.2) is 0 Å². The predicted molar refractivity (Wildman–Crippen MR) is 88.3 cm³/mol. The molecule has 3 rings (SSSR count). The number of H-pyrrole nitrogens is 1. The van der Waals surface area contributed by atoms with Crippen LogP contribution in [0, 0.1) is 3.57 Å². The number of nitrogens with one attached hydrogen (secondary N) is 2. The fraction of sp³-hybridized carbons (Fsp3) is 0.333. The lowest BCUT2D eigenvalue weighted by Gasteiger charge is -2.22. The van der Waals surface area contributed by atoms with Gasteiger partial charge in [0.05, 0.1) is 14.8 Å². The normalized spacial score (nSPS) is 17.4. The molecule has 110 valence electrons. The molecule has 0 aliphatic carbocycles. The molecule has 3 heterocycles. The number of methoxy groups -OCH3 is 1. The number of nitrogens with zero attached hydrogens (tertiary/aromatic N) is 1. The van der Waals surface area contributed by atoms with Gasteiger partial charge in [0, 0.05) is 49.8 Å². The van der Waals surface area contributed by atoms with Crippen molar-refractivity contribution in [1.29, 1.82) is 0 Å². The summed E-state index contributed by atoms with van der Waals surface area (Å²) in [4.78, 5) is 19.7. The van der Waals surface area contributed by atoms with Crippen molar-refractivity contribution in [3.63, 3.8) is 0 Å². The quantitative estimate of drug-likeness (QED) is 0.780. The zero-order valence-corrected chi connectivity index (χ0v) is 13.8. The molecule has 2 N–H and O–H groups in total. The number of ether oxygens (including phenoxy) is 1. The SMILES string of the molecule is COCCC1CNC(=O)c2c1[nH]c(-c1ccncc1)c2I. The van der Waals surface area contributed by atoms with Gasteiger partial charge in [-0.2, -0.15) is 0 Å². The van der Waals surface area contributed by atoms with Crippen LogP contribution in [-0.4, -0.2) is 36.1 Å². The molecule has 0 saturated carbocycles. The van der Waals surface area contributed by atoms with Crippen LogP contribution in [0.15, 0.2) is 24.5 Å². The van der Waals surface area contributed by atoms with E-state index in [1.165, 1.54) is 0 Å². The molecule has 0 saturated heterocycles. The highest BCUT2D eigenvalue weighted by Gasteiger charge is 2.31. The molecule has 0 radical (unpaired) electrons. The average molecular weight is 397 g/mol. The molecule has 1 unspecified atom stereocenters. The van der Waals surface area contributed by atoms with Gasteiger partial charge in [-0.05, 0) is 41.1 Å². The Balaban J connectivity index is 2.05. The second-order valence-corrected chi connectivity index (χ2v) is 6.11. The monoisotopic (exact) mass is 397 g/mol. The van der Waals surface area contributed by atoms with Gasteiger partial charge in [0.1, 0.15) is 0 Å². The second kappa shape index (κ2) is 6.15. The molecule has 2 aromatic rings. The maximum absolute atomic E-state index is 12.2. The Kier molecular flexibility index (Phi) is 4.25. The van der Waals surface area contributed by atoms with Crippen molar-refractivity contribution in [3.05, 3.63) is 39.4 Å². The van der Waals surface area contributed by atoms with Gasteiger partial charge in [0.2, 0.25) is 0 Å². The topological polar surface area (TPSA) is 67.0 Å². The zero-order chi connectivity index (χ0) is 14.8. The predicted octanol–water partition coefficient (Wildman–Crippen LogP) is 2.54. The highest BCUT2D eigenvalue weighted by Crippen LogP contribution is 2.35. The molecular formula is C15H16IN3O2. The molecule has 5 nitrogen and oxygen atoms in total. The third kappa shape index (κ3) is 2.69. The van der Waals surface area contributed by atoms with E-state index >= 15 is 0 Å². The van der Waals surface area contributed by atoms with Gasteiger partial charge >= 0.3 is 0 Å². The van der Waals surface area contributed by atoms with Crippen molar-refractivity contribution in [3.8, 4) is 11.3 Å². The fourth-order valence-corrected chi connectivity index (χ4v) is 3.64. The summed E-state index contributed by atoms with van der Waals surface area (Å²) < 4.78 is 6.14. The second-order valence-electron chi connectivity index (χ2n) is 5.03. The standard InChI is InChI=1S/C15H16IN3O2/c1-21-7-4-10-8-18-15(20)11-12(16)14(19-13(10)11)9-2-5-17-6-3-9/h2-3,5-6,10,19H,4,7-8H2,1H3,(H,18,20). The Hall–Kier alpha value is -1.41. The van der Waals surface area contributed by atoms with E-state index < -0.39 is 0 Å². The summed E-state index contributed by atoms with van der Waals surface area (Å²) in [6.45, 7) is 1.34. The first kappa shape index (κ1) is 14.5. The highest BCUT2D eigenvalue weighted by molar-refractivity contribution is 14.1. The van der Waals surface area contributed by atoms with Crippen LogP contribution in [-0.2, 0) is 4.74 Å². The van der Waals surface area contributed by atoms with Crippen molar-refractivity contribution in [2.45, 2.75) is 12.3 Å². The van der Waals surface area contributed by atoms with Crippen molar-refractivity contribution < 1.29 is 9.53 Å². The number of pyridine rings is 1. The van der Waals surface area contributed by atoms with E-state index in [0.717, 1.165) is 32.5 Å². The van der Waals surface area contributed by atoms with Crippen LogP contribution in [0.4, 0.5) is 0 Å². The van der Waals surface area contributed by atoms with Crippen molar-refractivity contribution in [2.75, 3.05) is 20.3 Å². The number of amides is 1. The lowest BCUT2D eigenvalue weighted by Crippen LogP contribution is -2.35. The molecule has 2 aromatic heterocycles. The molecule has 1 amide bonds. The highest BCUT2D eigenvalue weighted by atomic mass is 127. The Morgan fingerprint density at radius 3 is 2.90 bits per heavy atom. The number of carbonyl (C=O) groups is 1. The molecule has 0 fully saturated rings. The minimum atomic E-state index is -0.000349. The molecule has 6 heteroatoms. The lowest BCUT2D eigenvalue weighted by atomic mass is 9.95. The number of aromatic nitrogens is 2. The molecular weight excluding hydrogens is 381 g/mol. The lowest BCUT2D eigenvalue weighted by molar-refractivity contribution is 0.0933. The summed E-state index contributed by atoms with van der Waals surface area (Å²) in [5.74, 6) is 0.265. The van der Waals surface area contributed by atoms with Gasteiger partial charge in [-0.15, -0.1) is 0 Å². The minimum absolute atomic E-state index is 0.000349. The van der Waals surface area contributed by atoms with Crippen molar-refractivity contribution in [2.24, 2.45) is 0 Å². The van der Waals surface area contributed by atoms with E-state index in [4.69, 9.17) is 4.74 Å². The smallest absolute Gasteiger partial charge is 0.254 e. The van der Waals surface area contributed by atoms with E-state index in [9.17, 15) is 4.79 Å². The van der Waals surface area contributed by atoms with E-state index in [2.05, 4.69) is 37.9 Å². The maximum atomic E-state index is 12.2. The van der Waals surface area contributed by atoms with Crippen LogP contribution in [0.2, 0.25) is 0 Å². The number of hydrogen-bond acceptors (Lipinski definition) is 3. The van der Waals surface area contributed by atoms with Crippen LogP contribution in [0.3, 0.4) is 0 Å². The Morgan fingerprint density at radius 1 is 1.43 bits per heavy atom. The largest absolute Gasteiger partial charge is 0.385 e. The van der Waals surface area contributed by atoms with Crippen LogP contribution in [0.25, 0.3) is 11.3 Å². The summed E-state index contributed by atoms with van der Waals surface area (Å²) in [7, 11) is 1.70. The molecule has 1 atom stereocenters. The fourth-order valence-electron chi connectivity index (χ4n) is 2.65. The Labute approximate surface area is 136 Å². The van der Waals surface area contributed by atoms with E-state index in [1.54, 1.807) is 19.5 Å². The minimum Gasteiger partial charge on any atom is -0.385 e. The third-order valence-electron chi connectivity index (χ3n) is 3.75. The van der Waals surface area contributed by atoms with Crippen LogP contribution >= 0.6 is 22.6 Å². The summed E-state index contributed by atoms with van der Waals surface area (Å²) in [5, 5.41) is 2.97. The number of rotatable bonds is 4. The van der Waals surface area contributed by atoms with Crippen LogP contribution < -0.4 is 5.32 Å². The number of carbonyl (C=O) groups excluding carboxylic acids is 1. The van der Waals surface area contributed by atoms with Gasteiger partial charge in [-0.3, -0.25) is 9.78 Å². The summed E-state index contributed by atoms with van der Waals surface area (Å²) in [6.07, 6.45) is 4.40. The van der Waals surface area contributed by atoms with Gasteiger partial charge in [-0.1, -0.05) is 0 Å². The maximum Gasteiger partial charge on any atom is 0.254 e. The van der Waals surface area contributed by atoms with E-state index in [1.807, 2.05) is 12.1 Å². The van der Waals surface area contributed by atoms with Gasteiger partial charge < -0.3 is 15.0 Å². The van der Waals surface area contributed by atoms with Crippen LogP contribution in [0.5, 0.6) is 0 Å². The first-order chi connectivity index (χ1) is 10.2. The molecule has 1 aliphatic heterocycles. The molecule has 0 bridgehead atoms. The first-order valence-corrected chi connectivity index (χ1v) is 7.89. The molecule has 0 aromatic carbocycles. The average Bonchev–Trinajstić information content (AvgIpc) is 2.86. The Morgan fingerprint density at radius 2 is 2.19 bits per heavy atom. The summed E-state index contributed by atoms with van der Waals surface area (Å²) in [6, 6.07) is 3.89. The Bertz CT molecular complexity index is 654. The number of aromatic amines is 1. The van der Waals surface area contributed by atoms with Crippen molar-refractivity contribution >= 4 is 28.5 Å². The molecule has 0 spiro atoms. The van der Waals surface area contributed by atoms with Gasteiger partial charge in [-0.25, -0.2) is 0 Å². The summed E-state index contributed by atoms with van der Waals surface area (Å²) in [5.41, 5.74) is 3.83. The van der Waals surface area contributed by atoms with Crippen molar-refractivity contribution in [1.82, 2.24) is 15.3 Å². The molecule has 1 aliphatic rings. The van der Waals surface area contributed by atoms with E-state index in [-0.39, 0.29) is 11.8 Å².